The van der Waals surface area contributed by atoms with Crippen molar-refractivity contribution < 1.29 is 19.1 Å². The summed E-state index contributed by atoms with van der Waals surface area (Å²) >= 11 is 0. The van der Waals surface area contributed by atoms with Gasteiger partial charge in [-0.05, 0) is 37.0 Å². The first kappa shape index (κ1) is 23.3. The van der Waals surface area contributed by atoms with Crippen molar-refractivity contribution >= 4 is 24.2 Å². The highest BCUT2D eigenvalue weighted by Crippen LogP contribution is 2.30. The molecule has 1 saturated heterocycles. The van der Waals surface area contributed by atoms with Crippen molar-refractivity contribution in [1.29, 1.82) is 0 Å². The standard InChI is InChI=1S/C21H31N3O4.ClH/c1-27-17-6-5-15(11-18(17)28-2)7-10-24-13-16(12-19(24)25)20(26)23-21(14-22)8-3-4-9-21;/h5-6,11,16H,3-4,7-10,12-14,22H2,1-2H3,(H,23,26);1H. The molecular weight excluding hydrogens is 394 g/mol. The lowest BCUT2D eigenvalue weighted by Crippen LogP contribution is -2.53. The van der Waals surface area contributed by atoms with Crippen LogP contribution in [0.3, 0.4) is 0 Å². The van der Waals surface area contributed by atoms with Crippen LogP contribution in [0.5, 0.6) is 11.5 Å². The molecule has 1 aliphatic heterocycles. The van der Waals surface area contributed by atoms with Crippen molar-refractivity contribution in [1.82, 2.24) is 10.2 Å². The lowest BCUT2D eigenvalue weighted by atomic mass is 9.96. The van der Waals surface area contributed by atoms with Crippen molar-refractivity contribution in [2.24, 2.45) is 11.7 Å². The quantitative estimate of drug-likeness (QED) is 0.663. The maximum atomic E-state index is 12.7. The summed E-state index contributed by atoms with van der Waals surface area (Å²) in [5, 5.41) is 3.15. The van der Waals surface area contributed by atoms with Crippen LogP contribution in [0.2, 0.25) is 0 Å². The van der Waals surface area contributed by atoms with Gasteiger partial charge in [0.2, 0.25) is 11.8 Å². The van der Waals surface area contributed by atoms with Crippen LogP contribution in [-0.4, -0.2) is 56.1 Å². The molecule has 0 bridgehead atoms. The third-order valence-electron chi connectivity index (χ3n) is 6.04. The summed E-state index contributed by atoms with van der Waals surface area (Å²) in [6, 6.07) is 5.76. The predicted octanol–water partition coefficient (Wildman–Crippen LogP) is 1.90. The summed E-state index contributed by atoms with van der Waals surface area (Å²) in [6.45, 7) is 1.52. The van der Waals surface area contributed by atoms with E-state index in [-0.39, 0.29) is 42.1 Å². The number of carbonyl (C=O) groups is 2. The third kappa shape index (κ3) is 5.34. The van der Waals surface area contributed by atoms with Crippen LogP contribution in [0.4, 0.5) is 0 Å². The fraction of sp³-hybridized carbons (Fsp3) is 0.619. The summed E-state index contributed by atoms with van der Waals surface area (Å²) in [5.41, 5.74) is 6.71. The topological polar surface area (TPSA) is 93.9 Å². The van der Waals surface area contributed by atoms with Crippen molar-refractivity contribution in [3.63, 3.8) is 0 Å². The van der Waals surface area contributed by atoms with Crippen LogP contribution in [0.25, 0.3) is 0 Å². The van der Waals surface area contributed by atoms with Gasteiger partial charge in [-0.2, -0.15) is 0 Å². The monoisotopic (exact) mass is 425 g/mol. The zero-order valence-electron chi connectivity index (χ0n) is 17.2. The van der Waals surface area contributed by atoms with Gasteiger partial charge < -0.3 is 25.4 Å². The van der Waals surface area contributed by atoms with Gasteiger partial charge in [-0.3, -0.25) is 9.59 Å². The van der Waals surface area contributed by atoms with Crippen molar-refractivity contribution in [2.75, 3.05) is 33.9 Å². The van der Waals surface area contributed by atoms with E-state index in [2.05, 4.69) is 5.32 Å². The second-order valence-corrected chi connectivity index (χ2v) is 7.86. The Kier molecular flexibility index (Phi) is 8.16. The Morgan fingerprint density at radius 1 is 1.24 bits per heavy atom. The van der Waals surface area contributed by atoms with Gasteiger partial charge in [0.25, 0.3) is 0 Å². The molecule has 162 valence electrons. The first-order chi connectivity index (χ1) is 13.5. The SMILES string of the molecule is COc1ccc(CCN2CC(C(=O)NC3(CN)CCCC3)CC2=O)cc1OC.Cl. The van der Waals surface area contributed by atoms with E-state index in [4.69, 9.17) is 15.2 Å². The van der Waals surface area contributed by atoms with Crippen LogP contribution in [0.1, 0.15) is 37.7 Å². The second kappa shape index (κ2) is 10.2. The molecule has 1 heterocycles. The van der Waals surface area contributed by atoms with Crippen LogP contribution in [0.15, 0.2) is 18.2 Å². The van der Waals surface area contributed by atoms with E-state index >= 15 is 0 Å². The molecular formula is C21H32ClN3O4. The number of methoxy groups -OCH3 is 2. The van der Waals surface area contributed by atoms with E-state index in [0.717, 1.165) is 31.2 Å². The molecule has 7 nitrogen and oxygen atoms in total. The number of benzene rings is 1. The van der Waals surface area contributed by atoms with Gasteiger partial charge >= 0.3 is 0 Å². The Hall–Kier alpha value is -1.99. The normalized spacial score (nSPS) is 20.3. The van der Waals surface area contributed by atoms with Crippen LogP contribution < -0.4 is 20.5 Å². The van der Waals surface area contributed by atoms with E-state index < -0.39 is 0 Å². The molecule has 1 unspecified atom stereocenters. The average Bonchev–Trinajstić information content (AvgIpc) is 3.33. The molecule has 2 aliphatic rings. The smallest absolute Gasteiger partial charge is 0.225 e. The van der Waals surface area contributed by atoms with Gasteiger partial charge in [0.1, 0.15) is 0 Å². The van der Waals surface area contributed by atoms with Crippen molar-refractivity contribution in [3.8, 4) is 11.5 Å². The summed E-state index contributed by atoms with van der Waals surface area (Å²) in [5.74, 6) is 1.07. The minimum absolute atomic E-state index is 0. The molecule has 2 amide bonds. The maximum Gasteiger partial charge on any atom is 0.225 e. The van der Waals surface area contributed by atoms with Gasteiger partial charge in [-0.15, -0.1) is 12.4 Å². The highest BCUT2D eigenvalue weighted by atomic mass is 35.5. The van der Waals surface area contributed by atoms with E-state index in [1.165, 1.54) is 0 Å². The molecule has 1 aromatic rings. The third-order valence-corrected chi connectivity index (χ3v) is 6.04. The molecule has 1 atom stereocenters. The molecule has 29 heavy (non-hydrogen) atoms. The maximum absolute atomic E-state index is 12.7. The molecule has 1 aromatic carbocycles. The zero-order chi connectivity index (χ0) is 20.1. The molecule has 0 radical (unpaired) electrons. The van der Waals surface area contributed by atoms with Gasteiger partial charge in [0, 0.05) is 26.1 Å². The van der Waals surface area contributed by atoms with Gasteiger partial charge in [0.05, 0.1) is 25.7 Å². The van der Waals surface area contributed by atoms with Gasteiger partial charge in [0.15, 0.2) is 11.5 Å². The lowest BCUT2D eigenvalue weighted by Gasteiger charge is -2.30. The number of hydrogen-bond acceptors (Lipinski definition) is 5. The summed E-state index contributed by atoms with van der Waals surface area (Å²) in [4.78, 5) is 26.9. The second-order valence-electron chi connectivity index (χ2n) is 7.86. The number of likely N-dealkylation sites (tertiary alicyclic amines) is 1. The number of amides is 2. The molecule has 3 rings (SSSR count). The Morgan fingerprint density at radius 3 is 2.55 bits per heavy atom. The molecule has 1 saturated carbocycles. The number of carbonyl (C=O) groups excluding carboxylic acids is 2. The summed E-state index contributed by atoms with van der Waals surface area (Å²) in [6.07, 6.45) is 5.03. The number of ether oxygens (including phenoxy) is 2. The van der Waals surface area contributed by atoms with Gasteiger partial charge in [-0.25, -0.2) is 0 Å². The minimum Gasteiger partial charge on any atom is -0.493 e. The van der Waals surface area contributed by atoms with E-state index in [1.807, 2.05) is 18.2 Å². The number of hydrogen-bond donors (Lipinski definition) is 2. The van der Waals surface area contributed by atoms with Crippen molar-refractivity contribution in [2.45, 2.75) is 44.1 Å². The summed E-state index contributed by atoms with van der Waals surface area (Å²) < 4.78 is 10.6. The summed E-state index contributed by atoms with van der Waals surface area (Å²) in [7, 11) is 3.21. The molecule has 2 fully saturated rings. The Balaban J connectivity index is 0.00000300. The minimum atomic E-state index is -0.290. The highest BCUT2D eigenvalue weighted by molar-refractivity contribution is 5.89. The molecule has 0 spiro atoms. The first-order valence-corrected chi connectivity index (χ1v) is 10.0. The Morgan fingerprint density at radius 2 is 1.93 bits per heavy atom. The first-order valence-electron chi connectivity index (χ1n) is 10.0. The van der Waals surface area contributed by atoms with E-state index in [1.54, 1.807) is 19.1 Å². The van der Waals surface area contributed by atoms with Crippen molar-refractivity contribution in [3.05, 3.63) is 23.8 Å². The lowest BCUT2D eigenvalue weighted by molar-refractivity contribution is -0.129. The van der Waals surface area contributed by atoms with Crippen LogP contribution >= 0.6 is 12.4 Å². The number of rotatable bonds is 8. The molecule has 1 aliphatic carbocycles. The zero-order valence-corrected chi connectivity index (χ0v) is 18.1. The number of nitrogens with one attached hydrogen (secondary N) is 1. The fourth-order valence-corrected chi connectivity index (χ4v) is 4.26. The number of nitrogens with two attached hydrogens (primary N) is 1. The molecule has 8 heteroatoms. The number of halogens is 1. The van der Waals surface area contributed by atoms with E-state index in [9.17, 15) is 9.59 Å². The van der Waals surface area contributed by atoms with Crippen LogP contribution in [-0.2, 0) is 16.0 Å². The predicted molar refractivity (Wildman–Crippen MR) is 114 cm³/mol. The Bertz CT molecular complexity index is 722. The molecule has 0 aromatic heterocycles. The van der Waals surface area contributed by atoms with Gasteiger partial charge in [-0.1, -0.05) is 18.9 Å². The highest BCUT2D eigenvalue weighted by Gasteiger charge is 2.39. The van der Waals surface area contributed by atoms with Crippen LogP contribution in [0, 0.1) is 5.92 Å². The number of nitrogens with zero attached hydrogens (tertiary/aromatic N) is 1. The Labute approximate surface area is 178 Å². The average molecular weight is 426 g/mol. The molecule has 3 N–H and O–H groups in total. The fourth-order valence-electron chi connectivity index (χ4n) is 4.26. The largest absolute Gasteiger partial charge is 0.493 e. The van der Waals surface area contributed by atoms with E-state index in [0.29, 0.717) is 37.6 Å².